The Balaban J connectivity index is 1.48. The molecule has 7 nitrogen and oxygen atoms in total. The largest absolute Gasteiger partial charge is 0.484 e. The summed E-state index contributed by atoms with van der Waals surface area (Å²) in [6, 6.07) is 6.49. The minimum absolute atomic E-state index is 0.245. The Morgan fingerprint density at radius 1 is 1.24 bits per heavy atom. The molecule has 8 heteroatoms. The summed E-state index contributed by atoms with van der Waals surface area (Å²) in [5.74, 6) is -0.426. The average Bonchev–Trinajstić information content (AvgIpc) is 3.26. The molecule has 2 aromatic heterocycles. The van der Waals surface area contributed by atoms with Gasteiger partial charge in [-0.1, -0.05) is 0 Å². The number of benzene rings is 1. The Morgan fingerprint density at radius 3 is 2.86 bits per heavy atom. The van der Waals surface area contributed by atoms with Gasteiger partial charge in [0.1, 0.15) is 16.3 Å². The number of aryl methyl sites for hydroxylation is 2. The van der Waals surface area contributed by atoms with Crippen LogP contribution in [0.25, 0.3) is 11.0 Å². The molecule has 29 heavy (non-hydrogen) atoms. The lowest BCUT2D eigenvalue weighted by Gasteiger charge is -2.09. The van der Waals surface area contributed by atoms with E-state index < -0.39 is 11.6 Å². The van der Waals surface area contributed by atoms with Crippen molar-refractivity contribution in [2.75, 3.05) is 19.0 Å². The lowest BCUT2D eigenvalue weighted by Crippen LogP contribution is -2.21. The number of anilines is 1. The Morgan fingerprint density at radius 2 is 2.07 bits per heavy atom. The third-order valence-corrected chi connectivity index (χ3v) is 6.06. The number of fused-ring (bicyclic) bond motifs is 2. The van der Waals surface area contributed by atoms with Gasteiger partial charge in [-0.15, -0.1) is 11.3 Å². The second-order valence-corrected chi connectivity index (χ2v) is 7.90. The van der Waals surface area contributed by atoms with Crippen LogP contribution in [0, 0.1) is 6.92 Å². The molecule has 1 aliphatic carbocycles. The molecule has 1 amide bonds. The molecule has 0 unspecified atom stereocenters. The summed E-state index contributed by atoms with van der Waals surface area (Å²) < 4.78 is 15.6. The normalized spacial score (nSPS) is 12.6. The fourth-order valence-electron chi connectivity index (χ4n) is 3.52. The van der Waals surface area contributed by atoms with E-state index in [9.17, 15) is 14.4 Å². The lowest BCUT2D eigenvalue weighted by molar-refractivity contribution is -0.118. The van der Waals surface area contributed by atoms with Gasteiger partial charge in [0.15, 0.2) is 6.61 Å². The van der Waals surface area contributed by atoms with Crippen molar-refractivity contribution in [2.24, 2.45) is 0 Å². The van der Waals surface area contributed by atoms with Crippen molar-refractivity contribution in [2.45, 2.75) is 26.2 Å². The number of carbonyl (C=O) groups is 2. The smallest absolute Gasteiger partial charge is 0.341 e. The van der Waals surface area contributed by atoms with Gasteiger partial charge in [-0.25, -0.2) is 9.59 Å². The van der Waals surface area contributed by atoms with Crippen molar-refractivity contribution in [1.29, 1.82) is 0 Å². The van der Waals surface area contributed by atoms with E-state index >= 15 is 0 Å². The van der Waals surface area contributed by atoms with Crippen LogP contribution in [0.3, 0.4) is 0 Å². The number of carbonyl (C=O) groups excluding carboxylic acids is 2. The average molecular weight is 413 g/mol. The van der Waals surface area contributed by atoms with E-state index in [1.165, 1.54) is 24.5 Å². The van der Waals surface area contributed by atoms with E-state index in [0.29, 0.717) is 21.9 Å². The maximum atomic E-state index is 12.4. The van der Waals surface area contributed by atoms with Crippen LogP contribution in [0.1, 0.15) is 32.8 Å². The van der Waals surface area contributed by atoms with Crippen LogP contribution in [-0.4, -0.2) is 25.6 Å². The SMILES string of the molecule is COC(=O)c1c(NC(=O)COc2ccc3c(C)cc(=O)oc3c2)sc2c1CCC2. The highest BCUT2D eigenvalue weighted by Crippen LogP contribution is 2.39. The zero-order chi connectivity index (χ0) is 20.5. The quantitative estimate of drug-likeness (QED) is 0.508. The fourth-order valence-corrected chi connectivity index (χ4v) is 4.81. The van der Waals surface area contributed by atoms with Gasteiger partial charge in [-0.2, -0.15) is 0 Å². The van der Waals surface area contributed by atoms with Crippen LogP contribution in [0.15, 0.2) is 33.5 Å². The molecule has 0 radical (unpaired) electrons. The highest BCUT2D eigenvalue weighted by atomic mass is 32.1. The van der Waals surface area contributed by atoms with Crippen LogP contribution < -0.4 is 15.7 Å². The summed E-state index contributed by atoms with van der Waals surface area (Å²) in [5.41, 5.74) is 2.18. The van der Waals surface area contributed by atoms with Gasteiger partial charge in [0.25, 0.3) is 5.91 Å². The monoisotopic (exact) mass is 413 g/mol. The molecule has 0 saturated heterocycles. The molecule has 150 valence electrons. The van der Waals surface area contributed by atoms with Gasteiger partial charge in [-0.3, -0.25) is 4.79 Å². The molecule has 1 aliphatic rings. The first kappa shape index (κ1) is 19.2. The highest BCUT2D eigenvalue weighted by Gasteiger charge is 2.28. The minimum atomic E-state index is -0.444. The fraction of sp³-hybridized carbons (Fsp3) is 0.286. The van der Waals surface area contributed by atoms with Gasteiger partial charge in [0.2, 0.25) is 0 Å². The molecular formula is C21H19NO6S. The number of methoxy groups -OCH3 is 1. The molecule has 0 aliphatic heterocycles. The minimum Gasteiger partial charge on any atom is -0.484 e. The highest BCUT2D eigenvalue weighted by molar-refractivity contribution is 7.17. The molecule has 0 bridgehead atoms. The first-order valence-corrected chi connectivity index (χ1v) is 9.98. The topological polar surface area (TPSA) is 94.8 Å². The summed E-state index contributed by atoms with van der Waals surface area (Å²) in [7, 11) is 1.33. The first-order chi connectivity index (χ1) is 14.0. The molecule has 0 saturated carbocycles. The second kappa shape index (κ2) is 7.71. The van der Waals surface area contributed by atoms with Crippen molar-refractivity contribution in [3.05, 3.63) is 56.3 Å². The molecule has 2 heterocycles. The van der Waals surface area contributed by atoms with Gasteiger partial charge < -0.3 is 19.2 Å². The summed E-state index contributed by atoms with van der Waals surface area (Å²) in [4.78, 5) is 37.2. The van der Waals surface area contributed by atoms with E-state index in [2.05, 4.69) is 5.32 Å². The number of hydrogen-bond donors (Lipinski definition) is 1. The molecule has 1 aromatic carbocycles. The van der Waals surface area contributed by atoms with E-state index in [0.717, 1.165) is 40.7 Å². The maximum Gasteiger partial charge on any atom is 0.341 e. The van der Waals surface area contributed by atoms with E-state index in [1.807, 2.05) is 6.92 Å². The van der Waals surface area contributed by atoms with Crippen molar-refractivity contribution < 1.29 is 23.5 Å². The van der Waals surface area contributed by atoms with Gasteiger partial charge in [0, 0.05) is 22.4 Å². The summed E-state index contributed by atoms with van der Waals surface area (Å²) >= 11 is 1.41. The van der Waals surface area contributed by atoms with Crippen LogP contribution in [0.2, 0.25) is 0 Å². The Labute approximate surface area is 170 Å². The zero-order valence-corrected chi connectivity index (χ0v) is 16.8. The Hall–Kier alpha value is -3.13. The standard InChI is InChI=1S/C21H19NO6S/c1-11-8-18(24)28-15-9-12(6-7-13(11)15)27-10-17(23)22-20-19(21(25)26-2)14-4-3-5-16(14)29-20/h6-9H,3-5,10H2,1-2H3,(H,22,23). The number of ether oxygens (including phenoxy) is 2. The Kier molecular flexibility index (Phi) is 5.10. The van der Waals surface area contributed by atoms with Crippen LogP contribution in [0.5, 0.6) is 5.75 Å². The number of hydrogen-bond acceptors (Lipinski definition) is 7. The summed E-state index contributed by atoms with van der Waals surface area (Å²) in [6.07, 6.45) is 2.71. The molecular weight excluding hydrogens is 394 g/mol. The molecule has 3 aromatic rings. The first-order valence-electron chi connectivity index (χ1n) is 9.16. The van der Waals surface area contributed by atoms with E-state index in [-0.39, 0.29) is 12.5 Å². The van der Waals surface area contributed by atoms with Crippen molar-refractivity contribution >= 4 is 39.2 Å². The third-order valence-electron chi connectivity index (χ3n) is 4.86. The third kappa shape index (κ3) is 3.75. The molecule has 0 fully saturated rings. The molecule has 4 rings (SSSR count). The van der Waals surface area contributed by atoms with Gasteiger partial charge >= 0.3 is 11.6 Å². The zero-order valence-electron chi connectivity index (χ0n) is 16.0. The van der Waals surface area contributed by atoms with Crippen molar-refractivity contribution in [3.8, 4) is 5.75 Å². The number of esters is 1. The Bertz CT molecular complexity index is 1180. The number of thiophene rings is 1. The maximum absolute atomic E-state index is 12.4. The van der Waals surface area contributed by atoms with Crippen molar-refractivity contribution in [3.63, 3.8) is 0 Å². The van der Waals surface area contributed by atoms with Crippen molar-refractivity contribution in [1.82, 2.24) is 0 Å². The molecule has 0 atom stereocenters. The van der Waals surface area contributed by atoms with Crippen LogP contribution in [0.4, 0.5) is 5.00 Å². The lowest BCUT2D eigenvalue weighted by atomic mass is 10.1. The van der Waals surface area contributed by atoms with E-state index in [1.54, 1.807) is 18.2 Å². The van der Waals surface area contributed by atoms with Crippen LogP contribution >= 0.6 is 11.3 Å². The predicted octanol–water partition coefficient (Wildman–Crippen LogP) is 3.46. The van der Waals surface area contributed by atoms with Crippen LogP contribution in [-0.2, 0) is 22.4 Å². The van der Waals surface area contributed by atoms with E-state index in [4.69, 9.17) is 13.9 Å². The summed E-state index contributed by atoms with van der Waals surface area (Å²) in [5, 5.41) is 4.06. The predicted molar refractivity (Wildman–Crippen MR) is 109 cm³/mol. The second-order valence-electron chi connectivity index (χ2n) is 6.80. The molecule has 1 N–H and O–H groups in total. The number of nitrogens with one attached hydrogen (secondary N) is 1. The molecule has 0 spiro atoms. The number of rotatable bonds is 5. The van der Waals surface area contributed by atoms with Gasteiger partial charge in [-0.05, 0) is 49.4 Å². The van der Waals surface area contributed by atoms with Gasteiger partial charge in [0.05, 0.1) is 12.7 Å². The number of amides is 1. The summed E-state index contributed by atoms with van der Waals surface area (Å²) in [6.45, 7) is 1.58.